The average molecular weight is 404 g/mol. The third-order valence-corrected chi connectivity index (χ3v) is 5.64. The summed E-state index contributed by atoms with van der Waals surface area (Å²) in [5, 5.41) is 10.9. The van der Waals surface area contributed by atoms with Crippen LogP contribution >= 0.6 is 12.4 Å². The lowest BCUT2D eigenvalue weighted by Crippen LogP contribution is -2.32. The normalized spacial score (nSPS) is 19.9. The van der Waals surface area contributed by atoms with Gasteiger partial charge in [-0.15, -0.1) is 12.4 Å². The summed E-state index contributed by atoms with van der Waals surface area (Å²) in [4.78, 5) is 15.0. The Bertz CT molecular complexity index is 766. The molecule has 2 saturated heterocycles. The van der Waals surface area contributed by atoms with Crippen LogP contribution in [0.4, 0.5) is 0 Å². The van der Waals surface area contributed by atoms with Gasteiger partial charge in [-0.05, 0) is 62.5 Å². The summed E-state index contributed by atoms with van der Waals surface area (Å²) >= 11 is 0. The van der Waals surface area contributed by atoms with Crippen molar-refractivity contribution in [2.75, 3.05) is 26.2 Å². The molecule has 2 fully saturated rings. The quantitative estimate of drug-likeness (QED) is 0.778. The zero-order chi connectivity index (χ0) is 18.5. The molecule has 3 heterocycles. The molecule has 7 heteroatoms. The molecule has 2 aliphatic rings. The molecule has 1 aromatic heterocycles. The highest BCUT2D eigenvalue weighted by atomic mass is 35.5. The molecule has 0 radical (unpaired) electrons. The Kier molecular flexibility index (Phi) is 7.48. The number of hydrogen-bond donors (Lipinski definition) is 2. The fraction of sp³-hybridized carbons (Fsp3) is 0.524. The van der Waals surface area contributed by atoms with E-state index >= 15 is 0 Å². The molecule has 1 unspecified atom stereocenters. The minimum absolute atomic E-state index is 0. The predicted octanol–water partition coefficient (Wildman–Crippen LogP) is 2.76. The van der Waals surface area contributed by atoms with E-state index in [1.807, 2.05) is 23.0 Å². The summed E-state index contributed by atoms with van der Waals surface area (Å²) in [6.07, 6.45) is 6.77. The molecular weight excluding hydrogens is 374 g/mol. The van der Waals surface area contributed by atoms with Crippen LogP contribution in [0, 0.1) is 0 Å². The van der Waals surface area contributed by atoms with Crippen LogP contribution in [0.1, 0.15) is 53.3 Å². The number of hydrogen-bond acceptors (Lipinski definition) is 4. The molecule has 2 N–H and O–H groups in total. The number of carbonyl (C=O) groups is 1. The molecule has 152 valence electrons. The number of benzene rings is 1. The van der Waals surface area contributed by atoms with Crippen molar-refractivity contribution in [2.45, 2.75) is 44.8 Å². The van der Waals surface area contributed by atoms with Crippen molar-refractivity contribution in [2.24, 2.45) is 0 Å². The number of nitrogens with zero attached hydrogens (tertiary/aromatic N) is 3. The van der Waals surface area contributed by atoms with Crippen LogP contribution in [-0.2, 0) is 13.1 Å². The number of aromatic nitrogens is 2. The van der Waals surface area contributed by atoms with E-state index in [0.717, 1.165) is 32.5 Å². The van der Waals surface area contributed by atoms with E-state index in [0.29, 0.717) is 18.3 Å². The van der Waals surface area contributed by atoms with Crippen LogP contribution in [0.5, 0.6) is 0 Å². The molecule has 2 aliphatic heterocycles. The number of carbonyl (C=O) groups excluding carboxylic acids is 1. The van der Waals surface area contributed by atoms with Crippen LogP contribution < -0.4 is 10.6 Å². The Morgan fingerprint density at radius 1 is 1.14 bits per heavy atom. The van der Waals surface area contributed by atoms with Gasteiger partial charge >= 0.3 is 0 Å². The third-order valence-electron chi connectivity index (χ3n) is 5.64. The smallest absolute Gasteiger partial charge is 0.272 e. The molecule has 0 saturated carbocycles. The molecule has 1 aromatic carbocycles. The zero-order valence-electron chi connectivity index (χ0n) is 16.3. The van der Waals surface area contributed by atoms with Gasteiger partial charge in [0.25, 0.3) is 5.91 Å². The van der Waals surface area contributed by atoms with Crippen molar-refractivity contribution >= 4 is 18.3 Å². The first-order valence-electron chi connectivity index (χ1n) is 10.1. The second kappa shape index (κ2) is 10.0. The second-order valence-corrected chi connectivity index (χ2v) is 7.62. The zero-order valence-corrected chi connectivity index (χ0v) is 17.1. The number of rotatable bonds is 6. The molecule has 4 rings (SSSR count). The van der Waals surface area contributed by atoms with E-state index in [4.69, 9.17) is 0 Å². The van der Waals surface area contributed by atoms with E-state index in [9.17, 15) is 4.79 Å². The highest BCUT2D eigenvalue weighted by Crippen LogP contribution is 2.17. The first-order valence-corrected chi connectivity index (χ1v) is 10.1. The standard InChI is InChI=1S/C21H29N5O.ClH/c27-21(20-9-13-26(24-20)19-8-5-10-22-15-19)23-14-17-6-1-2-7-18(17)16-25-11-3-4-12-25;/h1-2,6-7,9,13,19,22H,3-5,8,10-12,14-16H2,(H,23,27);1H. The lowest BCUT2D eigenvalue weighted by molar-refractivity contribution is 0.0944. The van der Waals surface area contributed by atoms with Crippen molar-refractivity contribution in [1.82, 2.24) is 25.3 Å². The van der Waals surface area contributed by atoms with Crippen molar-refractivity contribution in [3.63, 3.8) is 0 Å². The maximum atomic E-state index is 12.6. The Labute approximate surface area is 173 Å². The molecule has 1 amide bonds. The van der Waals surface area contributed by atoms with Gasteiger partial charge in [0.1, 0.15) is 5.69 Å². The summed E-state index contributed by atoms with van der Waals surface area (Å²) in [6.45, 7) is 5.85. The van der Waals surface area contributed by atoms with Gasteiger partial charge < -0.3 is 10.6 Å². The fourth-order valence-electron chi connectivity index (χ4n) is 4.05. The first-order chi connectivity index (χ1) is 13.3. The van der Waals surface area contributed by atoms with Gasteiger partial charge in [-0.25, -0.2) is 0 Å². The average Bonchev–Trinajstić information content (AvgIpc) is 3.40. The molecule has 1 atom stereocenters. The largest absolute Gasteiger partial charge is 0.347 e. The van der Waals surface area contributed by atoms with Gasteiger partial charge in [-0.1, -0.05) is 24.3 Å². The number of nitrogens with one attached hydrogen (secondary N) is 2. The van der Waals surface area contributed by atoms with Gasteiger partial charge in [-0.2, -0.15) is 5.10 Å². The van der Waals surface area contributed by atoms with E-state index < -0.39 is 0 Å². The van der Waals surface area contributed by atoms with E-state index in [2.05, 4.69) is 38.8 Å². The molecule has 0 bridgehead atoms. The van der Waals surface area contributed by atoms with Crippen molar-refractivity contribution in [3.8, 4) is 0 Å². The maximum absolute atomic E-state index is 12.6. The molecule has 6 nitrogen and oxygen atoms in total. The number of piperidine rings is 1. The molecule has 0 spiro atoms. The molecule has 2 aromatic rings. The Balaban J connectivity index is 0.00000225. The highest BCUT2D eigenvalue weighted by Gasteiger charge is 2.18. The van der Waals surface area contributed by atoms with Gasteiger partial charge in [0, 0.05) is 25.8 Å². The van der Waals surface area contributed by atoms with Gasteiger partial charge in [0.15, 0.2) is 0 Å². The van der Waals surface area contributed by atoms with Crippen LogP contribution in [0.25, 0.3) is 0 Å². The third kappa shape index (κ3) is 5.13. The van der Waals surface area contributed by atoms with Crippen LogP contribution in [0.3, 0.4) is 0 Å². The Morgan fingerprint density at radius 2 is 1.93 bits per heavy atom. The number of amides is 1. The second-order valence-electron chi connectivity index (χ2n) is 7.62. The van der Waals surface area contributed by atoms with Gasteiger partial charge in [-0.3, -0.25) is 14.4 Å². The van der Waals surface area contributed by atoms with Crippen molar-refractivity contribution in [3.05, 3.63) is 53.3 Å². The Morgan fingerprint density at radius 3 is 2.68 bits per heavy atom. The monoisotopic (exact) mass is 403 g/mol. The Hall–Kier alpha value is -1.89. The van der Waals surface area contributed by atoms with Crippen LogP contribution in [0.2, 0.25) is 0 Å². The number of halogens is 1. The summed E-state index contributed by atoms with van der Waals surface area (Å²) < 4.78 is 1.93. The molecule has 28 heavy (non-hydrogen) atoms. The van der Waals surface area contributed by atoms with Crippen LogP contribution in [-0.4, -0.2) is 46.8 Å². The predicted molar refractivity (Wildman–Crippen MR) is 113 cm³/mol. The van der Waals surface area contributed by atoms with E-state index in [1.165, 1.54) is 37.1 Å². The first kappa shape index (κ1) is 20.8. The SMILES string of the molecule is Cl.O=C(NCc1ccccc1CN1CCCC1)c1ccn(C2CCCNC2)n1. The van der Waals surface area contributed by atoms with Crippen LogP contribution in [0.15, 0.2) is 36.5 Å². The van der Waals surface area contributed by atoms with Gasteiger partial charge in [0.05, 0.1) is 6.04 Å². The van der Waals surface area contributed by atoms with Crippen molar-refractivity contribution in [1.29, 1.82) is 0 Å². The van der Waals surface area contributed by atoms with E-state index in [1.54, 1.807) is 0 Å². The molecule has 0 aliphatic carbocycles. The minimum Gasteiger partial charge on any atom is -0.347 e. The fourth-order valence-corrected chi connectivity index (χ4v) is 4.05. The number of likely N-dealkylation sites (tertiary alicyclic amines) is 1. The summed E-state index contributed by atoms with van der Waals surface area (Å²) in [7, 11) is 0. The minimum atomic E-state index is -0.103. The topological polar surface area (TPSA) is 62.2 Å². The maximum Gasteiger partial charge on any atom is 0.272 e. The molecular formula is C21H30ClN5O. The summed E-state index contributed by atoms with van der Waals surface area (Å²) in [6, 6.07) is 10.6. The highest BCUT2D eigenvalue weighted by molar-refractivity contribution is 5.92. The lowest BCUT2D eigenvalue weighted by Gasteiger charge is -2.22. The summed E-state index contributed by atoms with van der Waals surface area (Å²) in [5.41, 5.74) is 2.99. The summed E-state index contributed by atoms with van der Waals surface area (Å²) in [5.74, 6) is -0.103. The van der Waals surface area contributed by atoms with E-state index in [-0.39, 0.29) is 18.3 Å². The van der Waals surface area contributed by atoms with Crippen molar-refractivity contribution < 1.29 is 4.79 Å². The van der Waals surface area contributed by atoms with Gasteiger partial charge in [0.2, 0.25) is 0 Å². The lowest BCUT2D eigenvalue weighted by atomic mass is 10.1.